The zero-order valence-corrected chi connectivity index (χ0v) is 13.5. The topological polar surface area (TPSA) is 20.3 Å². The molecule has 110 valence electrons. The van der Waals surface area contributed by atoms with Gasteiger partial charge in [-0.05, 0) is 42.6 Å². The summed E-state index contributed by atoms with van der Waals surface area (Å²) in [5.41, 5.74) is 0.796. The van der Waals surface area contributed by atoms with Crippen LogP contribution < -0.4 is 0 Å². The molecule has 1 aliphatic carbocycles. The Hall–Kier alpha value is -0.370. The molecule has 0 aromatic heterocycles. The Balaban J connectivity index is 1.93. The Morgan fingerprint density at radius 1 is 1.32 bits per heavy atom. The van der Waals surface area contributed by atoms with Crippen LogP contribution >= 0.6 is 0 Å². The van der Waals surface area contributed by atoms with Crippen molar-refractivity contribution in [2.45, 2.75) is 60.3 Å². The van der Waals surface area contributed by atoms with Gasteiger partial charge in [0.15, 0.2) is 0 Å². The molecule has 0 spiro atoms. The standard InChI is InChI=1S/C17H31NO/c1-16(2,3)14-6-7-15(19)13(10-14)11-18-9-8-17(4,5)12-18/h13-14H,6-12H2,1-5H3. The summed E-state index contributed by atoms with van der Waals surface area (Å²) in [5.74, 6) is 1.53. The quantitative estimate of drug-likeness (QED) is 0.758. The second-order valence-electron chi connectivity index (χ2n) is 8.65. The Morgan fingerprint density at radius 3 is 2.53 bits per heavy atom. The van der Waals surface area contributed by atoms with Gasteiger partial charge in [-0.15, -0.1) is 0 Å². The van der Waals surface area contributed by atoms with E-state index in [0.29, 0.717) is 28.4 Å². The van der Waals surface area contributed by atoms with E-state index in [1.54, 1.807) is 0 Å². The number of Topliss-reactive ketones (excluding diaryl/α,β-unsaturated/α-hetero) is 1. The van der Waals surface area contributed by atoms with Gasteiger partial charge >= 0.3 is 0 Å². The van der Waals surface area contributed by atoms with Crippen molar-refractivity contribution >= 4 is 5.78 Å². The first-order valence-corrected chi connectivity index (χ1v) is 7.92. The molecule has 0 amide bonds. The summed E-state index contributed by atoms with van der Waals surface area (Å²) in [5, 5.41) is 0. The number of hydrogen-bond acceptors (Lipinski definition) is 2. The molecule has 1 aliphatic heterocycles. The summed E-state index contributed by atoms with van der Waals surface area (Å²) in [4.78, 5) is 14.7. The Kier molecular flexibility index (Phi) is 4.11. The van der Waals surface area contributed by atoms with Crippen molar-refractivity contribution in [1.29, 1.82) is 0 Å². The molecular weight excluding hydrogens is 234 g/mol. The lowest BCUT2D eigenvalue weighted by atomic mass is 9.68. The highest BCUT2D eigenvalue weighted by molar-refractivity contribution is 5.82. The van der Waals surface area contributed by atoms with Crippen LogP contribution in [0.5, 0.6) is 0 Å². The van der Waals surface area contributed by atoms with E-state index in [2.05, 4.69) is 39.5 Å². The van der Waals surface area contributed by atoms with Gasteiger partial charge in [-0.3, -0.25) is 4.79 Å². The van der Waals surface area contributed by atoms with E-state index in [9.17, 15) is 4.79 Å². The molecule has 1 heterocycles. The zero-order valence-electron chi connectivity index (χ0n) is 13.5. The average Bonchev–Trinajstić information content (AvgIpc) is 2.60. The predicted molar refractivity (Wildman–Crippen MR) is 80.1 cm³/mol. The van der Waals surface area contributed by atoms with Crippen molar-refractivity contribution in [2.24, 2.45) is 22.7 Å². The maximum atomic E-state index is 12.2. The molecule has 1 saturated heterocycles. The van der Waals surface area contributed by atoms with Crippen molar-refractivity contribution in [2.75, 3.05) is 19.6 Å². The Morgan fingerprint density at radius 2 is 2.00 bits per heavy atom. The van der Waals surface area contributed by atoms with Crippen LogP contribution in [0.1, 0.15) is 60.3 Å². The molecule has 2 rings (SSSR count). The molecule has 2 aliphatic rings. The average molecular weight is 265 g/mol. The first-order chi connectivity index (χ1) is 8.67. The van der Waals surface area contributed by atoms with Gasteiger partial charge in [0.25, 0.3) is 0 Å². The third-order valence-electron chi connectivity index (χ3n) is 5.22. The maximum absolute atomic E-state index is 12.2. The second-order valence-corrected chi connectivity index (χ2v) is 8.65. The van der Waals surface area contributed by atoms with Gasteiger partial charge in [0.05, 0.1) is 0 Å². The highest BCUT2D eigenvalue weighted by Crippen LogP contribution is 2.40. The van der Waals surface area contributed by atoms with Gasteiger partial charge in [-0.1, -0.05) is 34.6 Å². The summed E-state index contributed by atoms with van der Waals surface area (Å²) in [6.07, 6.45) is 4.30. The number of likely N-dealkylation sites (tertiary alicyclic amines) is 1. The van der Waals surface area contributed by atoms with Crippen LogP contribution in [0.25, 0.3) is 0 Å². The number of rotatable bonds is 2. The lowest BCUT2D eigenvalue weighted by molar-refractivity contribution is -0.127. The van der Waals surface area contributed by atoms with Gasteiger partial charge < -0.3 is 4.90 Å². The van der Waals surface area contributed by atoms with E-state index < -0.39 is 0 Å². The fraction of sp³-hybridized carbons (Fsp3) is 0.941. The molecule has 2 fully saturated rings. The summed E-state index contributed by atoms with van der Waals surface area (Å²) in [6.45, 7) is 15.0. The van der Waals surface area contributed by atoms with E-state index in [-0.39, 0.29) is 0 Å². The second kappa shape index (κ2) is 5.20. The molecule has 0 radical (unpaired) electrons. The van der Waals surface area contributed by atoms with Gasteiger partial charge in [-0.25, -0.2) is 0 Å². The third kappa shape index (κ3) is 3.81. The maximum Gasteiger partial charge on any atom is 0.137 e. The minimum Gasteiger partial charge on any atom is -0.302 e. The van der Waals surface area contributed by atoms with Crippen LogP contribution in [0.2, 0.25) is 0 Å². The largest absolute Gasteiger partial charge is 0.302 e. The fourth-order valence-electron chi connectivity index (χ4n) is 3.77. The summed E-state index contributed by atoms with van der Waals surface area (Å²) >= 11 is 0. The van der Waals surface area contributed by atoms with Crippen molar-refractivity contribution in [3.05, 3.63) is 0 Å². The predicted octanol–water partition coefficient (Wildman–Crippen LogP) is 3.75. The summed E-state index contributed by atoms with van der Waals surface area (Å²) in [6, 6.07) is 0. The van der Waals surface area contributed by atoms with Crippen molar-refractivity contribution < 1.29 is 4.79 Å². The lowest BCUT2D eigenvalue weighted by Crippen LogP contribution is -2.39. The smallest absolute Gasteiger partial charge is 0.137 e. The van der Waals surface area contributed by atoms with Crippen molar-refractivity contribution in [1.82, 2.24) is 4.90 Å². The summed E-state index contributed by atoms with van der Waals surface area (Å²) in [7, 11) is 0. The SMILES string of the molecule is CC1(C)CCN(CC2CC(C(C)(C)C)CCC2=O)C1. The van der Waals surface area contributed by atoms with Crippen LogP contribution in [0.15, 0.2) is 0 Å². The number of carbonyl (C=O) groups is 1. The van der Waals surface area contributed by atoms with Crippen LogP contribution in [0.4, 0.5) is 0 Å². The molecule has 0 aromatic carbocycles. The van der Waals surface area contributed by atoms with Crippen LogP contribution in [-0.2, 0) is 4.79 Å². The number of nitrogens with zero attached hydrogens (tertiary/aromatic N) is 1. The lowest BCUT2D eigenvalue weighted by Gasteiger charge is -2.38. The molecule has 2 unspecified atom stereocenters. The van der Waals surface area contributed by atoms with Crippen molar-refractivity contribution in [3.63, 3.8) is 0 Å². The van der Waals surface area contributed by atoms with E-state index in [0.717, 1.165) is 32.4 Å². The number of ketones is 1. The number of carbonyl (C=O) groups excluding carboxylic acids is 1. The molecular formula is C17H31NO. The van der Waals surface area contributed by atoms with Gasteiger partial charge in [0, 0.05) is 25.4 Å². The van der Waals surface area contributed by atoms with Gasteiger partial charge in [-0.2, -0.15) is 0 Å². The highest BCUT2D eigenvalue weighted by Gasteiger charge is 2.37. The minimum absolute atomic E-state index is 0.298. The van der Waals surface area contributed by atoms with Gasteiger partial charge in [0.1, 0.15) is 5.78 Å². The van der Waals surface area contributed by atoms with Crippen LogP contribution in [0.3, 0.4) is 0 Å². The zero-order chi connectivity index (χ0) is 14.3. The first-order valence-electron chi connectivity index (χ1n) is 7.92. The van der Waals surface area contributed by atoms with Crippen LogP contribution in [0, 0.1) is 22.7 Å². The molecule has 2 atom stereocenters. The number of hydrogen-bond donors (Lipinski definition) is 0. The Labute approximate surface area is 118 Å². The minimum atomic E-state index is 0.298. The molecule has 0 bridgehead atoms. The van der Waals surface area contributed by atoms with E-state index in [1.165, 1.54) is 13.0 Å². The van der Waals surface area contributed by atoms with E-state index in [1.807, 2.05) is 0 Å². The van der Waals surface area contributed by atoms with E-state index in [4.69, 9.17) is 0 Å². The molecule has 2 nitrogen and oxygen atoms in total. The van der Waals surface area contributed by atoms with E-state index >= 15 is 0 Å². The van der Waals surface area contributed by atoms with Crippen LogP contribution in [-0.4, -0.2) is 30.3 Å². The fourth-order valence-corrected chi connectivity index (χ4v) is 3.77. The molecule has 0 aromatic rings. The molecule has 1 saturated carbocycles. The third-order valence-corrected chi connectivity index (χ3v) is 5.22. The monoisotopic (exact) mass is 265 g/mol. The van der Waals surface area contributed by atoms with Gasteiger partial charge in [0.2, 0.25) is 0 Å². The first kappa shape index (κ1) is 15.0. The normalized spacial score (nSPS) is 32.8. The highest BCUT2D eigenvalue weighted by atomic mass is 16.1. The molecule has 2 heteroatoms. The molecule has 0 N–H and O–H groups in total. The molecule has 19 heavy (non-hydrogen) atoms. The van der Waals surface area contributed by atoms with Crippen molar-refractivity contribution in [3.8, 4) is 0 Å². The Bertz CT molecular complexity index is 340. The summed E-state index contributed by atoms with van der Waals surface area (Å²) < 4.78 is 0.